The van der Waals surface area contributed by atoms with Gasteiger partial charge >= 0.3 is 0 Å². The van der Waals surface area contributed by atoms with Gasteiger partial charge in [0.15, 0.2) is 5.78 Å². The summed E-state index contributed by atoms with van der Waals surface area (Å²) in [5.74, 6) is 0.808. The molecule has 0 bridgehead atoms. The molecule has 0 amide bonds. The smallest absolute Gasteiger partial charge is 0.179 e. The van der Waals surface area contributed by atoms with E-state index in [1.54, 1.807) is 0 Å². The number of Topliss-reactive ketones (excluding diaryl/α,β-unsaturated/α-hetero) is 1. The van der Waals surface area contributed by atoms with Gasteiger partial charge in [-0.2, -0.15) is 0 Å². The van der Waals surface area contributed by atoms with Crippen LogP contribution in [0.25, 0.3) is 0 Å². The van der Waals surface area contributed by atoms with E-state index >= 15 is 0 Å². The molecule has 1 atom stereocenters. The quantitative estimate of drug-likeness (QED) is 0.653. The Hall–Kier alpha value is -1.19. The average molecular weight is 290 g/mol. The summed E-state index contributed by atoms with van der Waals surface area (Å²) >= 11 is 0. The van der Waals surface area contributed by atoms with Crippen LogP contribution >= 0.6 is 0 Å². The molecule has 0 saturated heterocycles. The van der Waals surface area contributed by atoms with Crippen molar-refractivity contribution in [2.75, 3.05) is 33.7 Å². The van der Waals surface area contributed by atoms with Gasteiger partial charge in [0.2, 0.25) is 0 Å². The number of likely N-dealkylation sites (N-methyl/N-ethyl adjacent to an activating group) is 1. The van der Waals surface area contributed by atoms with Gasteiger partial charge < -0.3 is 4.90 Å². The van der Waals surface area contributed by atoms with E-state index in [0.29, 0.717) is 5.92 Å². The van der Waals surface area contributed by atoms with Gasteiger partial charge in [-0.05, 0) is 26.4 Å². The first-order valence-electron chi connectivity index (χ1n) is 7.93. The minimum Gasteiger partial charge on any atom is -0.308 e. The van der Waals surface area contributed by atoms with Crippen molar-refractivity contribution < 1.29 is 4.79 Å². The maximum atomic E-state index is 12.8. The van der Waals surface area contributed by atoms with Crippen LogP contribution in [0, 0.1) is 5.92 Å². The molecule has 1 aromatic carbocycles. The minimum absolute atomic E-state index is 0.0188. The molecule has 0 saturated carbocycles. The third-order valence-electron chi connectivity index (χ3n) is 3.62. The summed E-state index contributed by atoms with van der Waals surface area (Å²) in [5, 5.41) is 0. The van der Waals surface area contributed by atoms with Crippen LogP contribution in [0.4, 0.5) is 0 Å². The SMILES string of the molecule is CCC(C(=O)c1ccccc1)N(CCN(C)C)CC(C)C. The van der Waals surface area contributed by atoms with Gasteiger partial charge in [0, 0.05) is 25.2 Å². The molecule has 0 spiro atoms. The van der Waals surface area contributed by atoms with E-state index in [1.165, 1.54) is 0 Å². The van der Waals surface area contributed by atoms with Crippen molar-refractivity contribution in [2.24, 2.45) is 5.92 Å². The first kappa shape index (κ1) is 17.9. The lowest BCUT2D eigenvalue weighted by Gasteiger charge is -2.32. The molecule has 0 aliphatic carbocycles. The van der Waals surface area contributed by atoms with Crippen molar-refractivity contribution in [2.45, 2.75) is 33.2 Å². The Labute approximate surface area is 129 Å². The number of hydrogen-bond donors (Lipinski definition) is 0. The van der Waals surface area contributed by atoms with Gasteiger partial charge in [0.05, 0.1) is 6.04 Å². The molecule has 3 heteroatoms. The molecule has 118 valence electrons. The van der Waals surface area contributed by atoms with Crippen LogP contribution in [-0.4, -0.2) is 55.4 Å². The maximum absolute atomic E-state index is 12.8. The van der Waals surface area contributed by atoms with Crippen LogP contribution in [0.1, 0.15) is 37.6 Å². The minimum atomic E-state index is -0.0188. The molecule has 0 N–H and O–H groups in total. The van der Waals surface area contributed by atoms with Gasteiger partial charge in [0.25, 0.3) is 0 Å². The van der Waals surface area contributed by atoms with Gasteiger partial charge in [-0.3, -0.25) is 9.69 Å². The predicted molar refractivity (Wildman–Crippen MR) is 89.8 cm³/mol. The summed E-state index contributed by atoms with van der Waals surface area (Å²) < 4.78 is 0. The van der Waals surface area contributed by atoms with Crippen molar-refractivity contribution in [3.63, 3.8) is 0 Å². The van der Waals surface area contributed by atoms with Crippen molar-refractivity contribution in [3.05, 3.63) is 35.9 Å². The Kier molecular flexibility index (Phi) is 7.62. The second kappa shape index (κ2) is 8.96. The zero-order valence-electron chi connectivity index (χ0n) is 14.2. The summed E-state index contributed by atoms with van der Waals surface area (Å²) in [6.07, 6.45) is 0.855. The number of carbonyl (C=O) groups excluding carboxylic acids is 1. The maximum Gasteiger partial charge on any atom is 0.179 e. The van der Waals surface area contributed by atoms with E-state index in [2.05, 4.69) is 44.7 Å². The monoisotopic (exact) mass is 290 g/mol. The zero-order chi connectivity index (χ0) is 15.8. The Morgan fingerprint density at radius 2 is 1.71 bits per heavy atom. The highest BCUT2D eigenvalue weighted by atomic mass is 16.1. The summed E-state index contributed by atoms with van der Waals surface area (Å²) in [6.45, 7) is 9.40. The molecular weight excluding hydrogens is 260 g/mol. The van der Waals surface area contributed by atoms with Crippen LogP contribution in [-0.2, 0) is 0 Å². The molecular formula is C18H30N2O. The van der Waals surface area contributed by atoms with Crippen molar-refractivity contribution in [1.29, 1.82) is 0 Å². The summed E-state index contributed by atoms with van der Waals surface area (Å²) in [7, 11) is 4.15. The lowest BCUT2D eigenvalue weighted by atomic mass is 9.99. The molecule has 0 heterocycles. The number of carbonyl (C=O) groups is 1. The van der Waals surface area contributed by atoms with Crippen LogP contribution in [0.5, 0.6) is 0 Å². The molecule has 0 radical (unpaired) electrons. The normalized spacial score (nSPS) is 13.1. The van der Waals surface area contributed by atoms with Crippen LogP contribution in [0.2, 0.25) is 0 Å². The molecule has 1 rings (SSSR count). The highest BCUT2D eigenvalue weighted by molar-refractivity contribution is 6.00. The Bertz CT molecular complexity index is 414. The fourth-order valence-electron chi connectivity index (χ4n) is 2.58. The van der Waals surface area contributed by atoms with E-state index in [9.17, 15) is 4.79 Å². The largest absolute Gasteiger partial charge is 0.308 e. The predicted octanol–water partition coefficient (Wildman–Crippen LogP) is 3.17. The van der Waals surface area contributed by atoms with Crippen molar-refractivity contribution >= 4 is 5.78 Å². The fourth-order valence-corrected chi connectivity index (χ4v) is 2.58. The second-order valence-corrected chi connectivity index (χ2v) is 6.35. The third-order valence-corrected chi connectivity index (χ3v) is 3.62. The molecule has 1 unspecified atom stereocenters. The molecule has 1 aromatic rings. The van der Waals surface area contributed by atoms with Gasteiger partial charge in [-0.1, -0.05) is 51.1 Å². The molecule has 0 fully saturated rings. The number of hydrogen-bond acceptors (Lipinski definition) is 3. The van der Waals surface area contributed by atoms with E-state index < -0.39 is 0 Å². The van der Waals surface area contributed by atoms with Gasteiger partial charge in [-0.25, -0.2) is 0 Å². The molecule has 0 aliphatic rings. The summed E-state index contributed by atoms with van der Waals surface area (Å²) in [4.78, 5) is 17.3. The zero-order valence-corrected chi connectivity index (χ0v) is 14.2. The number of nitrogens with zero attached hydrogens (tertiary/aromatic N) is 2. The average Bonchev–Trinajstić information content (AvgIpc) is 2.45. The van der Waals surface area contributed by atoms with Crippen LogP contribution in [0.3, 0.4) is 0 Å². The number of rotatable bonds is 9. The highest BCUT2D eigenvalue weighted by Gasteiger charge is 2.25. The molecule has 0 aliphatic heterocycles. The topological polar surface area (TPSA) is 23.6 Å². The number of benzene rings is 1. The lowest BCUT2D eigenvalue weighted by Crippen LogP contribution is -2.45. The highest BCUT2D eigenvalue weighted by Crippen LogP contribution is 2.14. The van der Waals surface area contributed by atoms with Crippen molar-refractivity contribution in [1.82, 2.24) is 9.80 Å². The van der Waals surface area contributed by atoms with Crippen LogP contribution in [0.15, 0.2) is 30.3 Å². The standard InChI is InChI=1S/C18H30N2O/c1-6-17(18(21)16-10-8-7-9-11-16)20(14-15(2)3)13-12-19(4)5/h7-11,15,17H,6,12-14H2,1-5H3. The number of ketones is 1. The van der Waals surface area contributed by atoms with Gasteiger partial charge in [-0.15, -0.1) is 0 Å². The summed E-state index contributed by atoms with van der Waals surface area (Å²) in [6, 6.07) is 9.65. The molecule has 0 aromatic heterocycles. The summed E-state index contributed by atoms with van der Waals surface area (Å²) in [5.41, 5.74) is 0.822. The molecule has 3 nitrogen and oxygen atoms in total. The van der Waals surface area contributed by atoms with Crippen molar-refractivity contribution in [3.8, 4) is 0 Å². The first-order valence-corrected chi connectivity index (χ1v) is 7.93. The Balaban J connectivity index is 2.86. The van der Waals surface area contributed by atoms with E-state index in [0.717, 1.165) is 31.6 Å². The van der Waals surface area contributed by atoms with E-state index in [1.807, 2.05) is 30.3 Å². The van der Waals surface area contributed by atoms with E-state index in [4.69, 9.17) is 0 Å². The first-order chi connectivity index (χ1) is 9.95. The van der Waals surface area contributed by atoms with Crippen LogP contribution < -0.4 is 0 Å². The third kappa shape index (κ3) is 5.98. The fraction of sp³-hybridized carbons (Fsp3) is 0.611. The second-order valence-electron chi connectivity index (χ2n) is 6.35. The Morgan fingerprint density at radius 1 is 1.10 bits per heavy atom. The van der Waals surface area contributed by atoms with E-state index in [-0.39, 0.29) is 11.8 Å². The van der Waals surface area contributed by atoms with Gasteiger partial charge in [0.1, 0.15) is 0 Å². The lowest BCUT2D eigenvalue weighted by molar-refractivity contribution is 0.0778. The molecule has 21 heavy (non-hydrogen) atoms. The Morgan fingerprint density at radius 3 is 2.19 bits per heavy atom.